The number of nitrogens with one attached hydrogen (secondary N) is 2. The normalized spacial score (nSPS) is 10.9. The second kappa shape index (κ2) is 5.93. The van der Waals surface area contributed by atoms with Crippen molar-refractivity contribution >= 4 is 29.3 Å². The number of carboxylic acids is 1. The summed E-state index contributed by atoms with van der Waals surface area (Å²) in [4.78, 5) is 22.8. The van der Waals surface area contributed by atoms with Gasteiger partial charge in [0.25, 0.3) is 0 Å². The van der Waals surface area contributed by atoms with Crippen molar-refractivity contribution in [2.45, 2.75) is 20.8 Å². The molecule has 0 spiro atoms. The molecule has 0 saturated heterocycles. The van der Waals surface area contributed by atoms with Crippen LogP contribution in [0.4, 0.5) is 10.5 Å². The van der Waals surface area contributed by atoms with E-state index in [0.29, 0.717) is 6.54 Å². The quantitative estimate of drug-likeness (QED) is 0.797. The number of benzene rings is 1. The molecule has 0 fully saturated rings. The highest BCUT2D eigenvalue weighted by Gasteiger charge is 2.17. The number of hydrogen-bond acceptors (Lipinski definition) is 2. The largest absolute Gasteiger partial charge is 0.478 e. The van der Waals surface area contributed by atoms with Crippen molar-refractivity contribution in [3.05, 3.63) is 28.8 Å². The minimum Gasteiger partial charge on any atom is -0.478 e. The molecule has 0 unspecified atom stereocenters. The van der Waals surface area contributed by atoms with E-state index in [1.807, 2.05) is 20.8 Å². The van der Waals surface area contributed by atoms with Crippen LogP contribution in [0, 0.1) is 5.41 Å². The number of carbonyl (C=O) groups excluding carboxylic acids is 1. The molecule has 0 atom stereocenters. The number of carboxylic acid groups (broad SMARTS) is 1. The molecule has 0 aromatic heterocycles. The van der Waals surface area contributed by atoms with Gasteiger partial charge in [0.2, 0.25) is 0 Å². The zero-order chi connectivity index (χ0) is 14.6. The molecule has 5 nitrogen and oxygen atoms in total. The van der Waals surface area contributed by atoms with Crippen LogP contribution in [-0.4, -0.2) is 23.7 Å². The predicted molar refractivity (Wildman–Crippen MR) is 74.9 cm³/mol. The molecule has 0 aliphatic carbocycles. The molecule has 3 N–H and O–H groups in total. The summed E-state index contributed by atoms with van der Waals surface area (Å²) < 4.78 is 0. The van der Waals surface area contributed by atoms with Gasteiger partial charge in [-0.05, 0) is 17.5 Å². The number of anilines is 1. The predicted octanol–water partition coefficient (Wildman–Crippen LogP) is 3.21. The monoisotopic (exact) mass is 284 g/mol. The van der Waals surface area contributed by atoms with Crippen molar-refractivity contribution in [1.82, 2.24) is 5.32 Å². The van der Waals surface area contributed by atoms with Crippen molar-refractivity contribution < 1.29 is 14.7 Å². The van der Waals surface area contributed by atoms with Crippen LogP contribution in [0.15, 0.2) is 18.2 Å². The van der Waals surface area contributed by atoms with E-state index in [4.69, 9.17) is 16.7 Å². The number of urea groups is 1. The topological polar surface area (TPSA) is 78.4 Å². The maximum absolute atomic E-state index is 11.7. The Morgan fingerprint density at radius 1 is 1.32 bits per heavy atom. The lowest BCUT2D eigenvalue weighted by Crippen LogP contribution is -2.35. The molecule has 1 rings (SSSR count). The fourth-order valence-corrected chi connectivity index (χ4v) is 1.61. The molecule has 0 aliphatic rings. The number of aromatic carboxylic acids is 1. The molecule has 0 radical (unpaired) electrons. The van der Waals surface area contributed by atoms with E-state index in [-0.39, 0.29) is 21.7 Å². The van der Waals surface area contributed by atoms with Crippen LogP contribution in [0.3, 0.4) is 0 Å². The lowest BCUT2D eigenvalue weighted by atomic mass is 9.97. The smallest absolute Gasteiger partial charge is 0.339 e. The van der Waals surface area contributed by atoms with E-state index >= 15 is 0 Å². The molecule has 6 heteroatoms. The molecule has 0 bridgehead atoms. The van der Waals surface area contributed by atoms with Crippen molar-refractivity contribution in [1.29, 1.82) is 0 Å². The molecule has 19 heavy (non-hydrogen) atoms. The first-order chi connectivity index (χ1) is 8.70. The summed E-state index contributed by atoms with van der Waals surface area (Å²) in [5, 5.41) is 14.3. The minimum atomic E-state index is -1.18. The minimum absolute atomic E-state index is 0.0543. The lowest BCUT2D eigenvalue weighted by Gasteiger charge is -2.19. The third-order valence-corrected chi connectivity index (χ3v) is 2.57. The summed E-state index contributed by atoms with van der Waals surface area (Å²) in [5.74, 6) is -1.18. The van der Waals surface area contributed by atoms with Crippen molar-refractivity contribution in [2.75, 3.05) is 11.9 Å². The Morgan fingerprint density at radius 2 is 1.95 bits per heavy atom. The Hall–Kier alpha value is -1.75. The molecule has 0 saturated carbocycles. The average Bonchev–Trinajstić information content (AvgIpc) is 2.25. The molecule has 104 valence electrons. The van der Waals surface area contributed by atoms with Crippen molar-refractivity contribution in [2.24, 2.45) is 5.41 Å². The summed E-state index contributed by atoms with van der Waals surface area (Å²) in [5.41, 5.74) is 0.00267. The van der Waals surface area contributed by atoms with E-state index < -0.39 is 12.0 Å². The highest BCUT2D eigenvalue weighted by molar-refractivity contribution is 6.34. The van der Waals surface area contributed by atoms with Crippen LogP contribution in [0.5, 0.6) is 0 Å². The summed E-state index contributed by atoms with van der Waals surface area (Å²) in [7, 11) is 0. The van der Waals surface area contributed by atoms with Crippen LogP contribution in [0.25, 0.3) is 0 Å². The van der Waals surface area contributed by atoms with Crippen molar-refractivity contribution in [3.63, 3.8) is 0 Å². The van der Waals surface area contributed by atoms with Crippen molar-refractivity contribution in [3.8, 4) is 0 Å². The van der Waals surface area contributed by atoms with Crippen LogP contribution in [0.1, 0.15) is 31.1 Å². The zero-order valence-corrected chi connectivity index (χ0v) is 11.8. The summed E-state index contributed by atoms with van der Waals surface area (Å²) in [6.45, 7) is 6.42. The third-order valence-electron chi connectivity index (χ3n) is 2.25. The summed E-state index contributed by atoms with van der Waals surface area (Å²) >= 11 is 5.80. The first kappa shape index (κ1) is 15.3. The van der Waals surface area contributed by atoms with Crippen LogP contribution in [-0.2, 0) is 0 Å². The van der Waals surface area contributed by atoms with Gasteiger partial charge < -0.3 is 15.7 Å². The number of hydrogen-bond donors (Lipinski definition) is 3. The van der Waals surface area contributed by atoms with Gasteiger partial charge in [0.15, 0.2) is 0 Å². The summed E-state index contributed by atoms with van der Waals surface area (Å²) in [6, 6.07) is 4.07. The van der Waals surface area contributed by atoms with Gasteiger partial charge in [0.05, 0.1) is 10.7 Å². The Balaban J connectivity index is 2.80. The second-order valence-electron chi connectivity index (χ2n) is 5.34. The van der Waals surface area contributed by atoms with E-state index in [1.54, 1.807) is 6.07 Å². The van der Waals surface area contributed by atoms with Crippen LogP contribution in [0.2, 0.25) is 5.02 Å². The standard InChI is InChI=1S/C13H17ClN2O3/c1-13(2,3)7-15-12(19)16-9-6-4-5-8(14)10(9)11(17)18/h4-6H,7H2,1-3H3,(H,17,18)(H2,15,16,19). The SMILES string of the molecule is CC(C)(C)CNC(=O)Nc1cccc(Cl)c1C(=O)O. The van der Waals surface area contributed by atoms with E-state index in [2.05, 4.69) is 10.6 Å². The molecular formula is C13H17ClN2O3. The lowest BCUT2D eigenvalue weighted by molar-refractivity contribution is 0.0698. The Morgan fingerprint density at radius 3 is 2.47 bits per heavy atom. The van der Waals surface area contributed by atoms with Gasteiger partial charge >= 0.3 is 12.0 Å². The van der Waals surface area contributed by atoms with Crippen LogP contribution >= 0.6 is 11.6 Å². The molecule has 2 amide bonds. The van der Waals surface area contributed by atoms with E-state index in [9.17, 15) is 9.59 Å². The molecule has 1 aromatic rings. The van der Waals surface area contributed by atoms with Gasteiger partial charge in [-0.15, -0.1) is 0 Å². The third kappa shape index (κ3) is 4.79. The molecule has 1 aromatic carbocycles. The van der Waals surface area contributed by atoms with Gasteiger partial charge in [-0.3, -0.25) is 0 Å². The molecule has 0 aliphatic heterocycles. The number of rotatable bonds is 3. The Labute approximate surface area is 117 Å². The number of carbonyl (C=O) groups is 2. The van der Waals surface area contributed by atoms with Gasteiger partial charge in [-0.2, -0.15) is 0 Å². The maximum atomic E-state index is 11.7. The number of amides is 2. The maximum Gasteiger partial charge on any atom is 0.339 e. The molecular weight excluding hydrogens is 268 g/mol. The van der Waals surface area contributed by atoms with E-state index in [1.165, 1.54) is 12.1 Å². The highest BCUT2D eigenvalue weighted by Crippen LogP contribution is 2.24. The van der Waals surface area contributed by atoms with Gasteiger partial charge in [0.1, 0.15) is 5.56 Å². The van der Waals surface area contributed by atoms with Crippen LogP contribution < -0.4 is 10.6 Å². The van der Waals surface area contributed by atoms with Gasteiger partial charge in [-0.1, -0.05) is 38.4 Å². The second-order valence-corrected chi connectivity index (χ2v) is 5.74. The number of halogens is 1. The van der Waals surface area contributed by atoms with Gasteiger partial charge in [-0.25, -0.2) is 9.59 Å². The van der Waals surface area contributed by atoms with E-state index in [0.717, 1.165) is 0 Å². The average molecular weight is 285 g/mol. The summed E-state index contributed by atoms with van der Waals surface area (Å²) in [6.07, 6.45) is 0. The molecule has 0 heterocycles. The Bertz CT molecular complexity index is 495. The highest BCUT2D eigenvalue weighted by atomic mass is 35.5. The Kier molecular flexibility index (Phi) is 4.78. The first-order valence-corrected chi connectivity index (χ1v) is 6.15. The first-order valence-electron chi connectivity index (χ1n) is 5.77. The fourth-order valence-electron chi connectivity index (χ4n) is 1.36. The zero-order valence-electron chi connectivity index (χ0n) is 11.1. The fraction of sp³-hybridized carbons (Fsp3) is 0.385. The van der Waals surface area contributed by atoms with Gasteiger partial charge in [0, 0.05) is 6.54 Å².